The zero-order chi connectivity index (χ0) is 19.3. The number of nitro groups is 1. The molecule has 140 valence electrons. The summed E-state index contributed by atoms with van der Waals surface area (Å²) >= 11 is 0. The topological polar surface area (TPSA) is 137 Å². The highest BCUT2D eigenvalue weighted by Crippen LogP contribution is 2.25. The first-order chi connectivity index (χ1) is 12.3. The number of ether oxygens (including phenoxy) is 2. The van der Waals surface area contributed by atoms with Crippen molar-refractivity contribution in [3.05, 3.63) is 33.9 Å². The first kappa shape index (κ1) is 19.2. The lowest BCUT2D eigenvalue weighted by molar-refractivity contribution is -0.384. The van der Waals surface area contributed by atoms with Crippen LogP contribution in [0, 0.1) is 10.1 Å². The Morgan fingerprint density at radius 2 is 2.15 bits per heavy atom. The monoisotopic (exact) mass is 365 g/mol. The number of nitrogens with zero attached hydrogens (tertiary/aromatic N) is 1. The van der Waals surface area contributed by atoms with Gasteiger partial charge in [-0.3, -0.25) is 19.7 Å². The van der Waals surface area contributed by atoms with Gasteiger partial charge < -0.3 is 20.1 Å². The lowest BCUT2D eigenvalue weighted by Crippen LogP contribution is -2.50. The highest BCUT2D eigenvalue weighted by Gasteiger charge is 2.31. The SMILES string of the molecule is COC(=O)[C@H](Cc1cc([N+](=O)[O-])ccc1OC)NC(=O)[C@H]1CCC(=O)N1. The summed E-state index contributed by atoms with van der Waals surface area (Å²) in [7, 11) is 2.56. The summed E-state index contributed by atoms with van der Waals surface area (Å²) in [6.45, 7) is 0. The molecule has 0 bridgehead atoms. The maximum Gasteiger partial charge on any atom is 0.328 e. The molecule has 26 heavy (non-hydrogen) atoms. The maximum atomic E-state index is 12.3. The lowest BCUT2D eigenvalue weighted by atomic mass is 10.0. The van der Waals surface area contributed by atoms with Crippen LogP contribution in [0.5, 0.6) is 5.75 Å². The molecule has 10 nitrogen and oxygen atoms in total. The summed E-state index contributed by atoms with van der Waals surface area (Å²) in [5.74, 6) is -1.13. The van der Waals surface area contributed by atoms with Gasteiger partial charge in [0, 0.05) is 30.5 Å². The number of methoxy groups -OCH3 is 2. The summed E-state index contributed by atoms with van der Waals surface area (Å²) < 4.78 is 9.87. The van der Waals surface area contributed by atoms with Crippen molar-refractivity contribution in [3.63, 3.8) is 0 Å². The third kappa shape index (κ3) is 4.47. The Hall–Kier alpha value is -3.17. The smallest absolute Gasteiger partial charge is 0.328 e. The molecule has 1 aliphatic heterocycles. The molecule has 0 radical (unpaired) electrons. The van der Waals surface area contributed by atoms with Gasteiger partial charge in [0.1, 0.15) is 17.8 Å². The van der Waals surface area contributed by atoms with Crippen molar-refractivity contribution in [2.24, 2.45) is 0 Å². The summed E-state index contributed by atoms with van der Waals surface area (Å²) in [5.41, 5.74) is 0.201. The molecule has 1 saturated heterocycles. The van der Waals surface area contributed by atoms with Gasteiger partial charge in [0.25, 0.3) is 5.69 Å². The molecule has 2 rings (SSSR count). The Bertz CT molecular complexity index is 735. The zero-order valence-electron chi connectivity index (χ0n) is 14.3. The molecule has 10 heteroatoms. The van der Waals surface area contributed by atoms with Gasteiger partial charge in [-0.05, 0) is 12.5 Å². The minimum atomic E-state index is -1.08. The van der Waals surface area contributed by atoms with Crippen molar-refractivity contribution in [2.75, 3.05) is 14.2 Å². The minimum absolute atomic E-state index is 0.0655. The van der Waals surface area contributed by atoms with Crippen LogP contribution in [-0.2, 0) is 25.5 Å². The van der Waals surface area contributed by atoms with Gasteiger partial charge in [-0.15, -0.1) is 0 Å². The first-order valence-corrected chi connectivity index (χ1v) is 7.84. The van der Waals surface area contributed by atoms with Crippen molar-refractivity contribution in [2.45, 2.75) is 31.3 Å². The van der Waals surface area contributed by atoms with Crippen LogP contribution in [0.25, 0.3) is 0 Å². The van der Waals surface area contributed by atoms with Crippen molar-refractivity contribution < 1.29 is 28.8 Å². The van der Waals surface area contributed by atoms with Gasteiger partial charge in [-0.25, -0.2) is 4.79 Å². The molecule has 1 aliphatic rings. The molecule has 0 unspecified atom stereocenters. The second kappa shape index (κ2) is 8.28. The van der Waals surface area contributed by atoms with E-state index in [2.05, 4.69) is 10.6 Å². The minimum Gasteiger partial charge on any atom is -0.496 e. The molecule has 0 aromatic heterocycles. The number of non-ortho nitro benzene ring substituents is 1. The average Bonchev–Trinajstić information content (AvgIpc) is 3.06. The molecule has 2 amide bonds. The maximum absolute atomic E-state index is 12.3. The van der Waals surface area contributed by atoms with E-state index in [4.69, 9.17) is 9.47 Å². The second-order valence-electron chi connectivity index (χ2n) is 5.70. The van der Waals surface area contributed by atoms with Crippen molar-refractivity contribution in [1.29, 1.82) is 0 Å². The van der Waals surface area contributed by atoms with Gasteiger partial charge in [0.05, 0.1) is 19.1 Å². The normalized spacial score (nSPS) is 17.2. The number of amides is 2. The molecule has 1 aromatic rings. The third-order valence-corrected chi connectivity index (χ3v) is 4.01. The molecular weight excluding hydrogens is 346 g/mol. The lowest BCUT2D eigenvalue weighted by Gasteiger charge is -2.20. The second-order valence-corrected chi connectivity index (χ2v) is 5.70. The molecule has 2 N–H and O–H groups in total. The number of hydrogen-bond donors (Lipinski definition) is 2. The van der Waals surface area contributed by atoms with E-state index in [1.165, 1.54) is 32.4 Å². The fraction of sp³-hybridized carbons (Fsp3) is 0.438. The van der Waals surface area contributed by atoms with Crippen molar-refractivity contribution in [3.8, 4) is 5.75 Å². The third-order valence-electron chi connectivity index (χ3n) is 4.01. The number of nitrogens with one attached hydrogen (secondary N) is 2. The molecule has 1 aromatic carbocycles. The Morgan fingerprint density at radius 1 is 1.42 bits per heavy atom. The van der Waals surface area contributed by atoms with Crippen LogP contribution >= 0.6 is 0 Å². The molecule has 2 atom stereocenters. The van der Waals surface area contributed by atoms with E-state index in [1.54, 1.807) is 0 Å². The van der Waals surface area contributed by atoms with Crippen LogP contribution in [0.3, 0.4) is 0 Å². The van der Waals surface area contributed by atoms with Crippen LogP contribution in [0.1, 0.15) is 18.4 Å². The van der Waals surface area contributed by atoms with E-state index in [1.807, 2.05) is 0 Å². The van der Waals surface area contributed by atoms with Crippen molar-refractivity contribution in [1.82, 2.24) is 10.6 Å². The number of carbonyl (C=O) groups excluding carboxylic acids is 3. The molecule has 1 fully saturated rings. The molecule has 1 heterocycles. The van der Waals surface area contributed by atoms with E-state index < -0.39 is 28.9 Å². The Kier molecular flexibility index (Phi) is 6.10. The van der Waals surface area contributed by atoms with E-state index in [0.29, 0.717) is 17.7 Å². The Morgan fingerprint density at radius 3 is 2.69 bits per heavy atom. The van der Waals surface area contributed by atoms with E-state index >= 15 is 0 Å². The Labute approximate surface area is 149 Å². The number of benzene rings is 1. The highest BCUT2D eigenvalue weighted by atomic mass is 16.6. The molecular formula is C16H19N3O7. The number of hydrogen-bond acceptors (Lipinski definition) is 7. The molecule has 0 aliphatic carbocycles. The fourth-order valence-corrected chi connectivity index (χ4v) is 2.68. The summed E-state index contributed by atoms with van der Waals surface area (Å²) in [4.78, 5) is 46.0. The highest BCUT2D eigenvalue weighted by molar-refractivity contribution is 5.93. The van der Waals surface area contributed by atoms with E-state index in [9.17, 15) is 24.5 Å². The van der Waals surface area contributed by atoms with Crippen LogP contribution < -0.4 is 15.4 Å². The molecule has 0 spiro atoms. The summed E-state index contributed by atoms with van der Waals surface area (Å²) in [6.07, 6.45) is 0.502. The van der Waals surface area contributed by atoms with E-state index in [-0.39, 0.29) is 24.4 Å². The number of rotatable bonds is 7. The quantitative estimate of drug-likeness (QED) is 0.397. The zero-order valence-corrected chi connectivity index (χ0v) is 14.3. The number of esters is 1. The van der Waals surface area contributed by atoms with Crippen LogP contribution in [-0.4, -0.2) is 49.0 Å². The van der Waals surface area contributed by atoms with Gasteiger partial charge in [0.2, 0.25) is 11.8 Å². The molecule has 0 saturated carbocycles. The average molecular weight is 365 g/mol. The predicted octanol–water partition coefficient (Wildman–Crippen LogP) is 0.0823. The van der Waals surface area contributed by atoms with Gasteiger partial charge >= 0.3 is 5.97 Å². The van der Waals surface area contributed by atoms with Gasteiger partial charge in [-0.2, -0.15) is 0 Å². The predicted molar refractivity (Wildman–Crippen MR) is 88.5 cm³/mol. The fourth-order valence-electron chi connectivity index (χ4n) is 2.68. The number of nitro benzene ring substituents is 1. The van der Waals surface area contributed by atoms with Crippen LogP contribution in [0.2, 0.25) is 0 Å². The summed E-state index contributed by atoms with van der Waals surface area (Å²) in [5, 5.41) is 16.0. The summed E-state index contributed by atoms with van der Waals surface area (Å²) in [6, 6.07) is 2.17. The standard InChI is InChI=1S/C16H19N3O7/c1-25-13-5-3-10(19(23)24)7-9(13)8-12(16(22)26-2)18-15(21)11-4-6-14(20)17-11/h3,5,7,11-12H,4,6,8H2,1-2H3,(H,17,20)(H,18,21)/t11-,12+/m1/s1. The largest absolute Gasteiger partial charge is 0.496 e. The van der Waals surface area contributed by atoms with E-state index in [0.717, 1.165) is 0 Å². The van der Waals surface area contributed by atoms with Crippen LogP contribution in [0.15, 0.2) is 18.2 Å². The van der Waals surface area contributed by atoms with Crippen molar-refractivity contribution >= 4 is 23.5 Å². The Balaban J connectivity index is 2.21. The number of carbonyl (C=O) groups is 3. The van der Waals surface area contributed by atoms with Gasteiger partial charge in [0.15, 0.2) is 0 Å². The van der Waals surface area contributed by atoms with Crippen LogP contribution in [0.4, 0.5) is 5.69 Å². The van der Waals surface area contributed by atoms with Gasteiger partial charge in [-0.1, -0.05) is 0 Å². The first-order valence-electron chi connectivity index (χ1n) is 7.84.